The van der Waals surface area contributed by atoms with E-state index < -0.39 is 35.6 Å². The van der Waals surface area contributed by atoms with Gasteiger partial charge in [0.15, 0.2) is 0 Å². The minimum absolute atomic E-state index is 0.00986. The maximum Gasteiger partial charge on any atom is 0.573 e. The summed E-state index contributed by atoms with van der Waals surface area (Å²) < 4.78 is 85.4. The van der Waals surface area contributed by atoms with Gasteiger partial charge in [0.1, 0.15) is 11.5 Å². The van der Waals surface area contributed by atoms with Crippen LogP contribution < -0.4 is 9.47 Å². The molecule has 5 rings (SSSR count). The second kappa shape index (κ2) is 8.94. The Hall–Kier alpha value is -5.72. The monoisotopic (exact) mass is 546 g/mol. The summed E-state index contributed by atoms with van der Waals surface area (Å²) in [7, 11) is 0. The average molecular weight is 546 g/mol. The Bertz CT molecular complexity index is 1710. The summed E-state index contributed by atoms with van der Waals surface area (Å²) in [5.74, 6) is -1.15. The standard InChI is InChI=1S/C28H8F6N4O2/c1-37-23(11-35)25-19-7-13(39-27(29,30)31)3-5-15(19)17-9-18-16-6-4-14(40-28(32,33)34)8-20(16)26(24(12-36)38-2)22(18)10-21(17)25/h3-10H/b25-23-,26-24+. The van der Waals surface area contributed by atoms with E-state index in [4.69, 9.17) is 13.1 Å². The van der Waals surface area contributed by atoms with Crippen molar-refractivity contribution in [3.8, 4) is 45.9 Å². The van der Waals surface area contributed by atoms with E-state index in [1.54, 1.807) is 18.2 Å². The van der Waals surface area contributed by atoms with Crippen LogP contribution in [0.3, 0.4) is 0 Å². The van der Waals surface area contributed by atoms with Crippen LogP contribution in [0.25, 0.3) is 43.1 Å². The van der Waals surface area contributed by atoms with Gasteiger partial charge in [-0.1, -0.05) is 12.1 Å². The molecular weight excluding hydrogens is 538 g/mol. The van der Waals surface area contributed by atoms with Gasteiger partial charge in [-0.2, -0.15) is 0 Å². The van der Waals surface area contributed by atoms with Crippen molar-refractivity contribution in [2.45, 2.75) is 12.7 Å². The van der Waals surface area contributed by atoms with Crippen LogP contribution >= 0.6 is 0 Å². The number of fused-ring (bicyclic) bond motifs is 6. The fourth-order valence-corrected chi connectivity index (χ4v) is 4.86. The Morgan fingerprint density at radius 3 is 1.25 bits per heavy atom. The first-order valence-electron chi connectivity index (χ1n) is 10.9. The highest BCUT2D eigenvalue weighted by atomic mass is 19.4. The van der Waals surface area contributed by atoms with Gasteiger partial charge in [-0.05, 0) is 80.9 Å². The molecule has 6 nitrogen and oxygen atoms in total. The molecule has 0 fully saturated rings. The van der Waals surface area contributed by atoms with E-state index in [2.05, 4.69) is 19.2 Å². The summed E-state index contributed by atoms with van der Waals surface area (Å²) in [6.07, 6.45) is -9.98. The van der Waals surface area contributed by atoms with Crippen LogP contribution in [-0.4, -0.2) is 12.7 Å². The fraction of sp³-hybridized carbons (Fsp3) is 0.0714. The van der Waals surface area contributed by atoms with Crippen molar-refractivity contribution in [2.24, 2.45) is 0 Å². The highest BCUT2D eigenvalue weighted by Gasteiger charge is 2.36. The molecule has 0 unspecified atom stereocenters. The van der Waals surface area contributed by atoms with Crippen LogP contribution in [0.5, 0.6) is 11.5 Å². The predicted octanol–water partition coefficient (Wildman–Crippen LogP) is 7.85. The summed E-state index contributed by atoms with van der Waals surface area (Å²) in [4.78, 5) is 6.45. The number of rotatable bonds is 2. The lowest BCUT2D eigenvalue weighted by molar-refractivity contribution is -0.275. The van der Waals surface area contributed by atoms with Gasteiger partial charge < -0.3 is 9.47 Å². The van der Waals surface area contributed by atoms with E-state index in [1.165, 1.54) is 18.2 Å². The van der Waals surface area contributed by atoms with Crippen LogP contribution in [0.4, 0.5) is 26.3 Å². The molecule has 3 aromatic carbocycles. The topological polar surface area (TPSA) is 74.8 Å². The number of nitriles is 2. The summed E-state index contributed by atoms with van der Waals surface area (Å²) in [6.45, 7) is 14.9. The Balaban J connectivity index is 1.81. The van der Waals surface area contributed by atoms with Crippen LogP contribution in [-0.2, 0) is 0 Å². The van der Waals surface area contributed by atoms with E-state index in [0.29, 0.717) is 22.3 Å². The number of alkyl halides is 6. The normalized spacial score (nSPS) is 15.2. The van der Waals surface area contributed by atoms with Gasteiger partial charge in [-0.3, -0.25) is 0 Å². The Morgan fingerprint density at radius 2 is 0.925 bits per heavy atom. The van der Waals surface area contributed by atoms with E-state index in [9.17, 15) is 36.9 Å². The van der Waals surface area contributed by atoms with Gasteiger partial charge in [-0.25, -0.2) is 20.2 Å². The Kier molecular flexibility index (Phi) is 5.79. The summed E-state index contributed by atoms with van der Waals surface area (Å²) >= 11 is 0. The summed E-state index contributed by atoms with van der Waals surface area (Å²) in [5.41, 5.74) is 1.50. The molecule has 2 aliphatic rings. The van der Waals surface area contributed by atoms with Crippen LogP contribution in [0.2, 0.25) is 0 Å². The number of ether oxygens (including phenoxy) is 2. The molecule has 0 amide bonds. The van der Waals surface area contributed by atoms with Gasteiger partial charge in [0, 0.05) is 11.1 Å². The molecule has 0 radical (unpaired) electrons. The zero-order chi connectivity index (χ0) is 29.0. The third kappa shape index (κ3) is 4.24. The number of nitrogens with zero attached hydrogens (tertiary/aromatic N) is 4. The Morgan fingerprint density at radius 1 is 0.575 bits per heavy atom. The fourth-order valence-electron chi connectivity index (χ4n) is 4.86. The van der Waals surface area contributed by atoms with Crippen LogP contribution in [0.15, 0.2) is 59.9 Å². The van der Waals surface area contributed by atoms with E-state index in [0.717, 1.165) is 24.3 Å². The molecule has 12 heteroatoms. The highest BCUT2D eigenvalue weighted by molar-refractivity contribution is 6.10. The number of hydrogen-bond donors (Lipinski definition) is 0. The molecule has 0 saturated carbocycles. The van der Waals surface area contributed by atoms with Crippen molar-refractivity contribution in [1.82, 2.24) is 0 Å². The maximum absolute atomic E-state index is 12.9. The van der Waals surface area contributed by atoms with Gasteiger partial charge in [0.2, 0.25) is 0 Å². The van der Waals surface area contributed by atoms with Crippen molar-refractivity contribution in [2.75, 3.05) is 0 Å². The molecular formula is C28H8F6N4O2. The number of halogens is 6. The molecule has 0 atom stereocenters. The lowest BCUT2D eigenvalue weighted by atomic mass is 9.94. The molecule has 2 aliphatic carbocycles. The van der Waals surface area contributed by atoms with Gasteiger partial charge >= 0.3 is 12.7 Å². The molecule has 0 heterocycles. The molecule has 40 heavy (non-hydrogen) atoms. The van der Waals surface area contributed by atoms with Crippen molar-refractivity contribution in [3.05, 3.63) is 105 Å². The number of allylic oxidation sites excluding steroid dienone is 2. The third-order valence-electron chi connectivity index (χ3n) is 6.17. The molecule has 3 aromatic rings. The van der Waals surface area contributed by atoms with Crippen molar-refractivity contribution < 1.29 is 35.8 Å². The maximum atomic E-state index is 12.9. The second-order valence-corrected chi connectivity index (χ2v) is 8.35. The second-order valence-electron chi connectivity index (χ2n) is 8.35. The van der Waals surface area contributed by atoms with Gasteiger partial charge in [0.25, 0.3) is 11.4 Å². The van der Waals surface area contributed by atoms with Gasteiger partial charge in [-0.15, -0.1) is 26.3 Å². The van der Waals surface area contributed by atoms with Crippen LogP contribution in [0.1, 0.15) is 22.3 Å². The molecule has 0 bridgehead atoms. The summed E-state index contributed by atoms with van der Waals surface area (Å²) in [6, 6.07) is 13.5. The van der Waals surface area contributed by atoms with Crippen molar-refractivity contribution in [3.63, 3.8) is 0 Å². The Labute approximate surface area is 221 Å². The SMILES string of the molecule is [C-]#[N+]/C(C#N)=C1\c2cc(OC(F)(F)F)ccc2-c2cc3c(cc21)/C(=C(/C#N)[N+]#[C-])c1cc(OC(F)(F)F)ccc1-3. The molecule has 0 saturated heterocycles. The third-order valence-corrected chi connectivity index (χ3v) is 6.17. The quantitative estimate of drug-likeness (QED) is 0.128. The molecule has 194 valence electrons. The first-order chi connectivity index (χ1) is 18.9. The zero-order valence-corrected chi connectivity index (χ0v) is 19.5. The molecule has 0 aromatic heterocycles. The van der Waals surface area contributed by atoms with E-state index >= 15 is 0 Å². The first kappa shape index (κ1) is 25.9. The first-order valence-corrected chi connectivity index (χ1v) is 10.9. The summed E-state index contributed by atoms with van der Waals surface area (Å²) in [5, 5.41) is 19.3. The minimum Gasteiger partial charge on any atom is -0.406 e. The van der Waals surface area contributed by atoms with E-state index in [-0.39, 0.29) is 33.4 Å². The lowest BCUT2D eigenvalue weighted by Gasteiger charge is -2.11. The molecule has 0 N–H and O–H groups in total. The number of hydrogen-bond acceptors (Lipinski definition) is 4. The largest absolute Gasteiger partial charge is 0.573 e. The highest BCUT2D eigenvalue weighted by Crippen LogP contribution is 2.54. The number of benzene rings is 3. The molecule has 0 spiro atoms. The van der Waals surface area contributed by atoms with Crippen molar-refractivity contribution >= 4 is 11.1 Å². The lowest BCUT2D eigenvalue weighted by Crippen LogP contribution is -2.17. The zero-order valence-electron chi connectivity index (χ0n) is 19.5. The smallest absolute Gasteiger partial charge is 0.406 e. The average Bonchev–Trinajstić information content (AvgIpc) is 3.34. The molecule has 0 aliphatic heterocycles. The van der Waals surface area contributed by atoms with E-state index in [1.807, 2.05) is 0 Å². The predicted molar refractivity (Wildman–Crippen MR) is 127 cm³/mol. The minimum atomic E-state index is -4.99. The van der Waals surface area contributed by atoms with Crippen molar-refractivity contribution in [1.29, 1.82) is 10.5 Å². The van der Waals surface area contributed by atoms with Crippen LogP contribution in [0, 0.1) is 35.8 Å². The van der Waals surface area contributed by atoms with Gasteiger partial charge in [0.05, 0.1) is 25.3 Å².